The maximum absolute atomic E-state index is 11.6. The number of amides is 1. The Morgan fingerprint density at radius 3 is 2.69 bits per heavy atom. The normalized spacial score (nSPS) is 18.0. The zero-order valence-electron chi connectivity index (χ0n) is 16.6. The second-order valence-corrected chi connectivity index (χ2v) is 7.98. The zero-order valence-corrected chi connectivity index (χ0v) is 17.3. The number of hydrogen-bond donors (Lipinski definition) is 2. The number of H-pyrrole nitrogens is 1. The molecule has 8 heteroatoms. The van der Waals surface area contributed by atoms with Crippen molar-refractivity contribution in [1.82, 2.24) is 20.0 Å². The second-order valence-electron chi connectivity index (χ2n) is 7.58. The lowest BCUT2D eigenvalue weighted by atomic mass is 10.0. The van der Waals surface area contributed by atoms with Crippen molar-refractivity contribution in [3.63, 3.8) is 0 Å². The summed E-state index contributed by atoms with van der Waals surface area (Å²) < 4.78 is 0. The Morgan fingerprint density at radius 2 is 2.03 bits per heavy atom. The summed E-state index contributed by atoms with van der Waals surface area (Å²) >= 11 is 6.18. The number of piperazine rings is 1. The Morgan fingerprint density at radius 1 is 1.31 bits per heavy atom. The molecule has 0 aliphatic carbocycles. The van der Waals surface area contributed by atoms with Crippen molar-refractivity contribution >= 4 is 23.3 Å². The van der Waals surface area contributed by atoms with Crippen LogP contribution >= 0.6 is 11.6 Å². The molecule has 1 aromatic carbocycles. The van der Waals surface area contributed by atoms with Gasteiger partial charge in [0.2, 0.25) is 5.91 Å². The van der Waals surface area contributed by atoms with Crippen molar-refractivity contribution in [2.75, 3.05) is 44.2 Å². The number of phenols is 1. The van der Waals surface area contributed by atoms with Crippen molar-refractivity contribution in [2.45, 2.75) is 19.4 Å². The van der Waals surface area contributed by atoms with Gasteiger partial charge in [-0.15, -0.1) is 0 Å². The molecule has 0 radical (unpaired) electrons. The van der Waals surface area contributed by atoms with E-state index in [0.717, 1.165) is 57.1 Å². The van der Waals surface area contributed by atoms with Crippen LogP contribution in [-0.4, -0.2) is 76.3 Å². The SMILES string of the molecule is C=CC(=O)N1CC(N2CCN(c3cc(-c4cc(CC)c(Cl)cc4O)n[nH]3)CC2)C1. The molecule has 3 heterocycles. The van der Waals surface area contributed by atoms with Crippen LogP contribution in [0, 0.1) is 0 Å². The van der Waals surface area contributed by atoms with Crippen LogP contribution in [0.1, 0.15) is 12.5 Å². The van der Waals surface area contributed by atoms with E-state index in [2.05, 4.69) is 26.6 Å². The number of benzene rings is 1. The molecule has 7 nitrogen and oxygen atoms in total. The van der Waals surface area contributed by atoms with Crippen molar-refractivity contribution in [3.8, 4) is 17.0 Å². The molecule has 0 bridgehead atoms. The van der Waals surface area contributed by atoms with Gasteiger partial charge < -0.3 is 14.9 Å². The van der Waals surface area contributed by atoms with Gasteiger partial charge in [-0.25, -0.2) is 0 Å². The molecule has 4 rings (SSSR count). The predicted molar refractivity (Wildman–Crippen MR) is 114 cm³/mol. The van der Waals surface area contributed by atoms with E-state index in [1.165, 1.54) is 6.08 Å². The Labute approximate surface area is 175 Å². The molecular formula is C21H26ClN5O2. The highest BCUT2D eigenvalue weighted by Gasteiger charge is 2.35. The predicted octanol–water partition coefficient (Wildman–Crippen LogP) is 2.52. The fourth-order valence-electron chi connectivity index (χ4n) is 4.02. The van der Waals surface area contributed by atoms with Crippen molar-refractivity contribution < 1.29 is 9.90 Å². The fourth-order valence-corrected chi connectivity index (χ4v) is 4.31. The Balaban J connectivity index is 1.38. The molecule has 2 aliphatic heterocycles. The lowest BCUT2D eigenvalue weighted by Crippen LogP contribution is -2.64. The van der Waals surface area contributed by atoms with E-state index < -0.39 is 0 Å². The number of aromatic amines is 1. The van der Waals surface area contributed by atoms with Crippen LogP contribution in [0.2, 0.25) is 5.02 Å². The maximum Gasteiger partial charge on any atom is 0.246 e. The number of hydrogen-bond acceptors (Lipinski definition) is 5. The molecule has 1 amide bonds. The third-order valence-electron chi connectivity index (χ3n) is 5.91. The summed E-state index contributed by atoms with van der Waals surface area (Å²) in [7, 11) is 0. The summed E-state index contributed by atoms with van der Waals surface area (Å²) in [4.78, 5) is 18.1. The van der Waals surface area contributed by atoms with E-state index in [9.17, 15) is 9.90 Å². The van der Waals surface area contributed by atoms with Crippen LogP contribution < -0.4 is 4.90 Å². The number of anilines is 1. The van der Waals surface area contributed by atoms with Gasteiger partial charge >= 0.3 is 0 Å². The number of aromatic hydroxyl groups is 1. The monoisotopic (exact) mass is 415 g/mol. The highest BCUT2D eigenvalue weighted by Crippen LogP contribution is 2.34. The van der Waals surface area contributed by atoms with Crippen LogP contribution in [0.4, 0.5) is 5.82 Å². The highest BCUT2D eigenvalue weighted by molar-refractivity contribution is 6.31. The molecule has 2 saturated heterocycles. The highest BCUT2D eigenvalue weighted by atomic mass is 35.5. The molecule has 2 aromatic rings. The first-order valence-corrected chi connectivity index (χ1v) is 10.4. The molecule has 154 valence electrons. The van der Waals surface area contributed by atoms with Gasteiger partial charge in [-0.1, -0.05) is 25.1 Å². The van der Waals surface area contributed by atoms with Crippen LogP contribution in [0.3, 0.4) is 0 Å². The number of carbonyl (C=O) groups excluding carboxylic acids is 1. The summed E-state index contributed by atoms with van der Waals surface area (Å²) in [5, 5.41) is 18.4. The Kier molecular flexibility index (Phi) is 5.52. The minimum Gasteiger partial charge on any atom is -0.507 e. The van der Waals surface area contributed by atoms with Crippen LogP contribution in [-0.2, 0) is 11.2 Å². The Hall–Kier alpha value is -2.51. The number of carbonyl (C=O) groups is 1. The van der Waals surface area contributed by atoms with Crippen LogP contribution in [0.15, 0.2) is 30.9 Å². The topological polar surface area (TPSA) is 75.7 Å². The van der Waals surface area contributed by atoms with Gasteiger partial charge in [0.1, 0.15) is 11.6 Å². The van der Waals surface area contributed by atoms with Gasteiger partial charge in [0.25, 0.3) is 0 Å². The Bertz CT molecular complexity index is 914. The van der Waals surface area contributed by atoms with E-state index in [4.69, 9.17) is 11.6 Å². The number of nitrogens with zero attached hydrogens (tertiary/aromatic N) is 4. The minimum absolute atomic E-state index is 0.0153. The van der Waals surface area contributed by atoms with Gasteiger partial charge in [-0.2, -0.15) is 5.10 Å². The summed E-state index contributed by atoms with van der Waals surface area (Å²) in [6.45, 7) is 10.8. The molecule has 1 aromatic heterocycles. The first-order valence-electron chi connectivity index (χ1n) is 9.97. The summed E-state index contributed by atoms with van der Waals surface area (Å²) in [5.74, 6) is 1.10. The molecule has 2 aliphatic rings. The third-order valence-corrected chi connectivity index (χ3v) is 6.26. The second kappa shape index (κ2) is 8.08. The lowest BCUT2D eigenvalue weighted by Gasteiger charge is -2.48. The fraction of sp³-hybridized carbons (Fsp3) is 0.429. The number of rotatable bonds is 5. The van der Waals surface area contributed by atoms with E-state index >= 15 is 0 Å². The van der Waals surface area contributed by atoms with E-state index in [1.807, 2.05) is 24.0 Å². The van der Waals surface area contributed by atoms with E-state index in [-0.39, 0.29) is 11.7 Å². The number of aromatic nitrogens is 2. The number of phenolic OH excluding ortho intramolecular Hbond substituents is 1. The molecule has 29 heavy (non-hydrogen) atoms. The van der Waals surface area contributed by atoms with Gasteiger partial charge in [0.05, 0.1) is 5.69 Å². The smallest absolute Gasteiger partial charge is 0.246 e. The van der Waals surface area contributed by atoms with Crippen LogP contribution in [0.25, 0.3) is 11.3 Å². The number of nitrogens with one attached hydrogen (secondary N) is 1. The molecule has 0 spiro atoms. The molecule has 2 fully saturated rings. The van der Waals surface area contributed by atoms with E-state index in [1.54, 1.807) is 6.07 Å². The standard InChI is InChI=1S/C21H26ClN5O2/c1-3-14-9-16(19(28)10-17(14)22)18-11-20(24-23-18)26-7-5-25(6-8-26)15-12-27(13-15)21(29)4-2/h4,9-11,15,28H,2-3,5-8,12-13H2,1H3,(H,23,24). The zero-order chi connectivity index (χ0) is 20.5. The number of aryl methyl sites for hydroxylation is 1. The average Bonchev–Trinajstić information content (AvgIpc) is 3.17. The number of likely N-dealkylation sites (tertiary alicyclic amines) is 1. The lowest BCUT2D eigenvalue weighted by molar-refractivity contribution is -0.133. The van der Waals surface area contributed by atoms with Gasteiger partial charge in [-0.05, 0) is 30.2 Å². The maximum atomic E-state index is 11.6. The molecule has 2 N–H and O–H groups in total. The van der Waals surface area contributed by atoms with Crippen molar-refractivity contribution in [3.05, 3.63) is 41.4 Å². The molecule has 0 saturated carbocycles. The quantitative estimate of drug-likeness (QED) is 0.734. The van der Waals surface area contributed by atoms with Gasteiger partial charge in [-0.3, -0.25) is 14.8 Å². The molecular weight excluding hydrogens is 390 g/mol. The van der Waals surface area contributed by atoms with Crippen molar-refractivity contribution in [2.24, 2.45) is 0 Å². The summed E-state index contributed by atoms with van der Waals surface area (Å²) in [6.07, 6.45) is 2.17. The first kappa shape index (κ1) is 19.8. The number of halogens is 1. The minimum atomic E-state index is 0.0153. The summed E-state index contributed by atoms with van der Waals surface area (Å²) in [5.41, 5.74) is 2.39. The third kappa shape index (κ3) is 3.84. The average molecular weight is 416 g/mol. The summed E-state index contributed by atoms with van der Waals surface area (Å²) in [6, 6.07) is 5.91. The van der Waals surface area contributed by atoms with Gasteiger partial charge in [0, 0.05) is 62.0 Å². The van der Waals surface area contributed by atoms with E-state index in [0.29, 0.717) is 22.3 Å². The van der Waals surface area contributed by atoms with Crippen LogP contribution in [0.5, 0.6) is 5.75 Å². The molecule has 0 atom stereocenters. The van der Waals surface area contributed by atoms with Crippen molar-refractivity contribution in [1.29, 1.82) is 0 Å². The molecule has 0 unspecified atom stereocenters. The first-order chi connectivity index (χ1) is 14.0. The van der Waals surface area contributed by atoms with Gasteiger partial charge in [0.15, 0.2) is 0 Å². The largest absolute Gasteiger partial charge is 0.507 e.